The van der Waals surface area contributed by atoms with E-state index < -0.39 is 27.0 Å². The summed E-state index contributed by atoms with van der Waals surface area (Å²) in [5.41, 5.74) is -1.78. The Labute approximate surface area is 126 Å². The zero-order valence-electron chi connectivity index (χ0n) is 11.5. The van der Waals surface area contributed by atoms with E-state index in [4.69, 9.17) is 4.74 Å². The molecule has 22 heavy (non-hydrogen) atoms. The molecule has 0 aliphatic carbocycles. The van der Waals surface area contributed by atoms with Gasteiger partial charge >= 0.3 is 5.97 Å². The summed E-state index contributed by atoms with van der Waals surface area (Å²) in [6.07, 6.45) is 0. The van der Waals surface area contributed by atoms with Crippen LogP contribution in [0.4, 0.5) is 0 Å². The lowest BCUT2D eigenvalue weighted by Crippen LogP contribution is -2.13. The predicted molar refractivity (Wildman–Crippen MR) is 76.3 cm³/mol. The van der Waals surface area contributed by atoms with Crippen molar-refractivity contribution in [3.8, 4) is 11.5 Å². The Morgan fingerprint density at radius 1 is 1.14 bits per heavy atom. The topological polar surface area (TPSA) is 101 Å². The summed E-state index contributed by atoms with van der Waals surface area (Å²) in [4.78, 5) is 11.9. The number of benzene rings is 2. The smallest absolute Gasteiger partial charge is 0.344 e. The molecule has 7 heteroatoms. The number of fused-ring (bicyclic) bond motifs is 1. The van der Waals surface area contributed by atoms with E-state index in [-0.39, 0.29) is 27.3 Å². The second kappa shape index (κ2) is 4.74. The molecule has 6 nitrogen and oxygen atoms in total. The van der Waals surface area contributed by atoms with Crippen molar-refractivity contribution in [1.82, 2.24) is 0 Å². The van der Waals surface area contributed by atoms with E-state index in [1.165, 1.54) is 19.1 Å². The number of phenolic OH excluding ortho intramolecular Hbond substituents is 2. The molecule has 3 rings (SSSR count). The minimum absolute atomic E-state index is 0.0137. The fraction of sp³-hybridized carbons (Fsp3) is 0.133. The van der Waals surface area contributed by atoms with Crippen molar-refractivity contribution in [2.75, 3.05) is 0 Å². The second-order valence-corrected chi connectivity index (χ2v) is 6.92. The molecular weight excluding hydrogens is 308 g/mol. The summed E-state index contributed by atoms with van der Waals surface area (Å²) >= 11 is 0. The van der Waals surface area contributed by atoms with Crippen LogP contribution < -0.4 is 0 Å². The average Bonchev–Trinajstić information content (AvgIpc) is 2.83. The summed E-state index contributed by atoms with van der Waals surface area (Å²) in [5.74, 6) is -1.70. The average molecular weight is 320 g/mol. The van der Waals surface area contributed by atoms with Gasteiger partial charge in [-0.25, -0.2) is 13.2 Å². The lowest BCUT2D eigenvalue weighted by Gasteiger charge is -2.13. The minimum atomic E-state index is -4.00. The van der Waals surface area contributed by atoms with Crippen LogP contribution in [0.2, 0.25) is 0 Å². The summed E-state index contributed by atoms with van der Waals surface area (Å²) in [6.45, 7) is 1.41. The van der Waals surface area contributed by atoms with Gasteiger partial charge < -0.3 is 14.9 Å². The first-order chi connectivity index (χ1) is 10.3. The van der Waals surface area contributed by atoms with Crippen LogP contribution >= 0.6 is 0 Å². The third-order valence-corrected chi connectivity index (χ3v) is 5.43. The van der Waals surface area contributed by atoms with Gasteiger partial charge in [0.15, 0.2) is 0 Å². The quantitative estimate of drug-likeness (QED) is 0.821. The lowest BCUT2D eigenvalue weighted by molar-refractivity contribution is 0.0506. The number of sulfone groups is 1. The van der Waals surface area contributed by atoms with Crippen LogP contribution in [0.5, 0.6) is 11.5 Å². The zero-order chi connectivity index (χ0) is 16.1. The van der Waals surface area contributed by atoms with Crippen LogP contribution in [0, 0.1) is 6.92 Å². The first-order valence-corrected chi connectivity index (χ1v) is 7.94. The Hall–Kier alpha value is -2.54. The summed E-state index contributed by atoms with van der Waals surface area (Å²) in [7, 11) is -4.00. The predicted octanol–water partition coefficient (Wildman–Crippen LogP) is 2.05. The van der Waals surface area contributed by atoms with Crippen LogP contribution in [0.3, 0.4) is 0 Å². The summed E-state index contributed by atoms with van der Waals surface area (Å²) in [6, 6.07) is 8.67. The van der Waals surface area contributed by atoms with Gasteiger partial charge in [0.05, 0.1) is 4.90 Å². The van der Waals surface area contributed by atoms with Gasteiger partial charge in [-0.2, -0.15) is 0 Å². The molecule has 1 aliphatic heterocycles. The summed E-state index contributed by atoms with van der Waals surface area (Å²) < 4.78 is 30.2. The van der Waals surface area contributed by atoms with Crippen molar-refractivity contribution in [1.29, 1.82) is 0 Å². The highest BCUT2D eigenvalue weighted by molar-refractivity contribution is 7.91. The van der Waals surface area contributed by atoms with Gasteiger partial charge in [0.2, 0.25) is 15.3 Å². The van der Waals surface area contributed by atoms with Crippen LogP contribution in [0.15, 0.2) is 41.3 Å². The molecule has 0 saturated heterocycles. The number of hydrogen-bond donors (Lipinski definition) is 2. The zero-order valence-corrected chi connectivity index (χ0v) is 12.3. The van der Waals surface area contributed by atoms with E-state index in [2.05, 4.69) is 0 Å². The molecule has 114 valence electrons. The molecule has 1 unspecified atom stereocenters. The SMILES string of the molecule is Cc1c(O)cc2c(c1O)C(=O)OC2S(=O)(=O)c1ccccc1. The number of esters is 1. The lowest BCUT2D eigenvalue weighted by atomic mass is 10.0. The number of phenols is 2. The van der Waals surface area contributed by atoms with E-state index in [0.29, 0.717) is 0 Å². The third-order valence-electron chi connectivity index (χ3n) is 3.58. The van der Waals surface area contributed by atoms with Crippen LogP contribution in [-0.2, 0) is 14.6 Å². The molecular formula is C15H12O6S. The van der Waals surface area contributed by atoms with Crippen LogP contribution in [-0.4, -0.2) is 24.6 Å². The maximum atomic E-state index is 12.6. The van der Waals surface area contributed by atoms with E-state index >= 15 is 0 Å². The van der Waals surface area contributed by atoms with E-state index in [1.807, 2.05) is 0 Å². The summed E-state index contributed by atoms with van der Waals surface area (Å²) in [5, 5.41) is 19.8. The van der Waals surface area contributed by atoms with E-state index in [9.17, 15) is 23.4 Å². The van der Waals surface area contributed by atoms with Gasteiger partial charge in [-0.3, -0.25) is 0 Å². The molecule has 0 bridgehead atoms. The fourth-order valence-corrected chi connectivity index (χ4v) is 3.88. The van der Waals surface area contributed by atoms with Gasteiger partial charge in [0, 0.05) is 11.1 Å². The minimum Gasteiger partial charge on any atom is -0.508 e. The Bertz CT molecular complexity index is 871. The van der Waals surface area contributed by atoms with Gasteiger partial charge in [0.1, 0.15) is 17.1 Å². The molecule has 0 radical (unpaired) electrons. The normalized spacial score (nSPS) is 17.1. The maximum absolute atomic E-state index is 12.6. The Morgan fingerprint density at radius 3 is 2.41 bits per heavy atom. The highest BCUT2D eigenvalue weighted by Crippen LogP contribution is 2.45. The number of carbonyl (C=O) groups is 1. The number of aromatic hydroxyl groups is 2. The van der Waals surface area contributed by atoms with Crippen LogP contribution in [0.25, 0.3) is 0 Å². The van der Waals surface area contributed by atoms with Gasteiger partial charge in [-0.1, -0.05) is 18.2 Å². The van der Waals surface area contributed by atoms with Gasteiger partial charge in [0.25, 0.3) is 0 Å². The van der Waals surface area contributed by atoms with Crippen molar-refractivity contribution < 1.29 is 28.2 Å². The van der Waals surface area contributed by atoms with Crippen molar-refractivity contribution in [2.24, 2.45) is 0 Å². The van der Waals surface area contributed by atoms with Crippen molar-refractivity contribution >= 4 is 15.8 Å². The first-order valence-electron chi connectivity index (χ1n) is 6.39. The first kappa shape index (κ1) is 14.4. The molecule has 0 amide bonds. The van der Waals surface area contributed by atoms with Crippen molar-refractivity contribution in [2.45, 2.75) is 17.3 Å². The molecule has 2 N–H and O–H groups in total. The van der Waals surface area contributed by atoms with E-state index in [0.717, 1.165) is 6.07 Å². The van der Waals surface area contributed by atoms with E-state index in [1.54, 1.807) is 18.2 Å². The number of ether oxygens (including phenoxy) is 1. The molecule has 0 spiro atoms. The number of hydrogen-bond acceptors (Lipinski definition) is 6. The molecule has 1 heterocycles. The van der Waals surface area contributed by atoms with Crippen molar-refractivity contribution in [3.63, 3.8) is 0 Å². The number of carbonyl (C=O) groups excluding carboxylic acids is 1. The fourth-order valence-electron chi connectivity index (χ4n) is 2.36. The molecule has 2 aromatic carbocycles. The van der Waals surface area contributed by atoms with Gasteiger partial charge in [-0.15, -0.1) is 0 Å². The van der Waals surface area contributed by atoms with Crippen LogP contribution in [0.1, 0.15) is 26.9 Å². The monoisotopic (exact) mass is 320 g/mol. The highest BCUT2D eigenvalue weighted by atomic mass is 32.2. The third kappa shape index (κ3) is 1.93. The molecule has 1 atom stereocenters. The molecule has 2 aromatic rings. The molecule has 0 saturated carbocycles. The van der Waals surface area contributed by atoms with Crippen molar-refractivity contribution in [3.05, 3.63) is 53.1 Å². The van der Waals surface area contributed by atoms with Gasteiger partial charge in [-0.05, 0) is 25.1 Å². The molecule has 1 aliphatic rings. The standard InChI is InChI=1S/C15H12O6S/c1-8-11(16)7-10-12(13(8)17)14(18)21-15(10)22(19,20)9-5-3-2-4-6-9/h2-7,15-17H,1H3. The Morgan fingerprint density at radius 2 is 1.77 bits per heavy atom. The number of rotatable bonds is 2. The molecule has 0 fully saturated rings. The highest BCUT2D eigenvalue weighted by Gasteiger charge is 2.43. The second-order valence-electron chi connectivity index (χ2n) is 4.93. The molecule has 0 aromatic heterocycles. The Kier molecular flexibility index (Phi) is 3.10. The number of cyclic esters (lactones) is 1. The Balaban J connectivity index is 2.21. The largest absolute Gasteiger partial charge is 0.508 e. The maximum Gasteiger partial charge on any atom is 0.344 e.